The molecule has 0 saturated heterocycles. The molecule has 3 nitrogen and oxygen atoms in total. The zero-order chi connectivity index (χ0) is 16.0. The van der Waals surface area contributed by atoms with Crippen LogP contribution in [0.2, 0.25) is 0 Å². The summed E-state index contributed by atoms with van der Waals surface area (Å²) in [6, 6.07) is 0. The summed E-state index contributed by atoms with van der Waals surface area (Å²) in [5.41, 5.74) is -2.76. The molecule has 0 saturated carbocycles. The van der Waals surface area contributed by atoms with Crippen LogP contribution in [0.5, 0.6) is 0 Å². The van der Waals surface area contributed by atoms with E-state index in [0.29, 0.717) is 0 Å². The van der Waals surface area contributed by atoms with Gasteiger partial charge in [0.2, 0.25) is 5.82 Å². The van der Waals surface area contributed by atoms with Crippen molar-refractivity contribution in [2.75, 3.05) is 0 Å². The zero-order valence-electron chi connectivity index (χ0n) is 8.73. The van der Waals surface area contributed by atoms with Crippen LogP contribution in [-0.4, -0.2) is 19.1 Å². The normalized spacial score (nSPS) is 14.4. The molecule has 0 spiro atoms. The van der Waals surface area contributed by atoms with Crippen molar-refractivity contribution >= 4 is 10.1 Å². The molecule has 1 atom stereocenters. The quantitative estimate of drug-likeness (QED) is 0.363. The van der Waals surface area contributed by atoms with E-state index in [1.807, 2.05) is 0 Å². The van der Waals surface area contributed by atoms with Gasteiger partial charge in [-0.1, -0.05) is 0 Å². The Morgan fingerprint density at radius 1 is 0.800 bits per heavy atom. The molecule has 1 aromatic rings. The van der Waals surface area contributed by atoms with Gasteiger partial charge in [0.25, 0.3) is 0 Å². The molecule has 0 aromatic heterocycles. The SMILES string of the molecule is O=S(=O)([O-])C(c1c(F)c(F)c(F)c(F)c1F)C(F)(F)F. The maximum absolute atomic E-state index is 13.1. The van der Waals surface area contributed by atoms with E-state index >= 15 is 0 Å². The molecule has 1 rings (SSSR count). The maximum atomic E-state index is 13.1. The smallest absolute Gasteiger partial charge is 0.408 e. The molecule has 0 heterocycles. The van der Waals surface area contributed by atoms with Gasteiger partial charge >= 0.3 is 6.18 Å². The van der Waals surface area contributed by atoms with Crippen LogP contribution in [0.3, 0.4) is 0 Å². The van der Waals surface area contributed by atoms with Crippen molar-refractivity contribution in [2.45, 2.75) is 11.4 Å². The fourth-order valence-corrected chi connectivity index (χ4v) is 2.15. The Kier molecular flexibility index (Phi) is 4.02. The second kappa shape index (κ2) is 4.84. The molecule has 114 valence electrons. The summed E-state index contributed by atoms with van der Waals surface area (Å²) in [6.07, 6.45) is -6.07. The Bertz CT molecular complexity index is 622. The van der Waals surface area contributed by atoms with Gasteiger partial charge in [0.15, 0.2) is 28.5 Å². The van der Waals surface area contributed by atoms with E-state index in [9.17, 15) is 48.1 Å². The summed E-state index contributed by atoms with van der Waals surface area (Å²) in [6.45, 7) is 0. The molecular weight excluding hydrogens is 328 g/mol. The monoisotopic (exact) mass is 329 g/mol. The maximum Gasteiger partial charge on any atom is 0.408 e. The molecule has 1 unspecified atom stereocenters. The Morgan fingerprint density at radius 3 is 1.35 bits per heavy atom. The van der Waals surface area contributed by atoms with Gasteiger partial charge in [-0.3, -0.25) is 0 Å². The number of rotatable bonds is 2. The zero-order valence-corrected chi connectivity index (χ0v) is 9.55. The highest BCUT2D eigenvalue weighted by Crippen LogP contribution is 2.42. The van der Waals surface area contributed by atoms with Crippen LogP contribution in [-0.2, 0) is 10.1 Å². The van der Waals surface area contributed by atoms with Gasteiger partial charge in [0.1, 0.15) is 10.1 Å². The number of halogens is 8. The van der Waals surface area contributed by atoms with Crippen LogP contribution in [0.4, 0.5) is 35.1 Å². The van der Waals surface area contributed by atoms with Crippen molar-refractivity contribution in [1.82, 2.24) is 0 Å². The third kappa shape index (κ3) is 2.70. The summed E-state index contributed by atoms with van der Waals surface area (Å²) in [5, 5.41) is -4.42. The van der Waals surface area contributed by atoms with E-state index in [4.69, 9.17) is 0 Å². The van der Waals surface area contributed by atoms with Gasteiger partial charge in [0, 0.05) is 0 Å². The first kappa shape index (κ1) is 16.6. The molecule has 0 radical (unpaired) electrons. The van der Waals surface area contributed by atoms with Gasteiger partial charge < -0.3 is 4.55 Å². The Morgan fingerprint density at radius 2 is 1.10 bits per heavy atom. The van der Waals surface area contributed by atoms with Crippen LogP contribution < -0.4 is 0 Å². The van der Waals surface area contributed by atoms with Gasteiger partial charge in [-0.2, -0.15) is 13.2 Å². The molecule has 0 aliphatic heterocycles. The lowest BCUT2D eigenvalue weighted by atomic mass is 10.1. The molecule has 0 N–H and O–H groups in total. The number of alkyl halides is 3. The van der Waals surface area contributed by atoms with Crippen LogP contribution in [0.1, 0.15) is 10.8 Å². The minimum atomic E-state index is -6.48. The van der Waals surface area contributed by atoms with E-state index in [1.165, 1.54) is 0 Å². The summed E-state index contributed by atoms with van der Waals surface area (Å²) in [4.78, 5) is 0. The largest absolute Gasteiger partial charge is 0.747 e. The highest BCUT2D eigenvalue weighted by Gasteiger charge is 2.50. The van der Waals surface area contributed by atoms with Crippen molar-refractivity contribution in [3.8, 4) is 0 Å². The van der Waals surface area contributed by atoms with E-state index < -0.39 is 56.2 Å². The number of hydrogen-bond donors (Lipinski definition) is 0. The van der Waals surface area contributed by atoms with E-state index in [1.54, 1.807) is 0 Å². The van der Waals surface area contributed by atoms with E-state index in [0.717, 1.165) is 0 Å². The Balaban J connectivity index is 3.85. The summed E-state index contributed by atoms with van der Waals surface area (Å²) < 4.78 is 133. The van der Waals surface area contributed by atoms with Crippen molar-refractivity contribution in [2.24, 2.45) is 0 Å². The molecular formula is C8HF8O3S-. The second-order valence-electron chi connectivity index (χ2n) is 3.40. The third-order valence-electron chi connectivity index (χ3n) is 2.09. The summed E-state index contributed by atoms with van der Waals surface area (Å²) in [7, 11) is -6.48. The van der Waals surface area contributed by atoms with Crippen molar-refractivity contribution in [1.29, 1.82) is 0 Å². The standard InChI is InChI=1S/C8H2F8O3S/c9-2-1(3(10)5(12)6(13)4(2)11)7(8(14,15)16)20(17,18)19/h7H,(H,17,18,19)/p-1. The van der Waals surface area contributed by atoms with Gasteiger partial charge in [-0.25, -0.2) is 30.4 Å². The number of benzene rings is 1. The molecule has 12 heteroatoms. The predicted octanol–water partition coefficient (Wildman–Crippen LogP) is 2.53. The summed E-state index contributed by atoms with van der Waals surface area (Å²) >= 11 is 0. The fraction of sp³-hybridized carbons (Fsp3) is 0.250. The van der Waals surface area contributed by atoms with E-state index in [-0.39, 0.29) is 0 Å². The Hall–Kier alpha value is -1.43. The second-order valence-corrected chi connectivity index (χ2v) is 4.86. The molecule has 0 aliphatic carbocycles. The van der Waals surface area contributed by atoms with Gasteiger partial charge in [0.05, 0.1) is 5.56 Å². The molecule has 20 heavy (non-hydrogen) atoms. The lowest BCUT2D eigenvalue weighted by molar-refractivity contribution is -0.134. The highest BCUT2D eigenvalue weighted by atomic mass is 32.2. The first-order valence-corrected chi connectivity index (χ1v) is 5.80. The molecule has 0 amide bonds. The average molecular weight is 329 g/mol. The first-order valence-electron chi connectivity index (χ1n) is 4.32. The average Bonchev–Trinajstić information content (AvgIpc) is 2.26. The Labute approximate surface area is 105 Å². The lowest BCUT2D eigenvalue weighted by Gasteiger charge is -2.24. The highest BCUT2D eigenvalue weighted by molar-refractivity contribution is 7.86. The van der Waals surface area contributed by atoms with Gasteiger partial charge in [-0.05, 0) is 0 Å². The summed E-state index contributed by atoms with van der Waals surface area (Å²) in [5.74, 6) is -14.5. The lowest BCUT2D eigenvalue weighted by Crippen LogP contribution is -2.31. The van der Waals surface area contributed by atoms with Gasteiger partial charge in [-0.15, -0.1) is 0 Å². The minimum absolute atomic E-state index is 2.76. The van der Waals surface area contributed by atoms with Crippen LogP contribution in [0.15, 0.2) is 0 Å². The molecule has 0 bridgehead atoms. The first-order chi connectivity index (χ1) is 8.80. The third-order valence-corrected chi connectivity index (χ3v) is 3.17. The minimum Gasteiger partial charge on any atom is -0.747 e. The van der Waals surface area contributed by atoms with Crippen molar-refractivity contribution in [3.05, 3.63) is 34.6 Å². The number of hydrogen-bond acceptors (Lipinski definition) is 3. The molecule has 1 aromatic carbocycles. The van der Waals surface area contributed by atoms with Crippen LogP contribution in [0.25, 0.3) is 0 Å². The van der Waals surface area contributed by atoms with Crippen LogP contribution in [0, 0.1) is 29.1 Å². The van der Waals surface area contributed by atoms with Crippen molar-refractivity contribution in [3.63, 3.8) is 0 Å². The van der Waals surface area contributed by atoms with Crippen LogP contribution >= 0.6 is 0 Å². The molecule has 0 fully saturated rings. The molecule has 0 aliphatic rings. The van der Waals surface area contributed by atoms with E-state index in [2.05, 4.69) is 0 Å². The van der Waals surface area contributed by atoms with Crippen molar-refractivity contribution < 1.29 is 48.1 Å². The fourth-order valence-electron chi connectivity index (χ4n) is 1.32. The predicted molar refractivity (Wildman–Crippen MR) is 44.7 cm³/mol. The topological polar surface area (TPSA) is 57.2 Å².